The largest absolute Gasteiger partial charge is 0.353 e. The summed E-state index contributed by atoms with van der Waals surface area (Å²) < 4.78 is 4.14. The smallest absolute Gasteiger partial charge is 0.243 e. The lowest BCUT2D eigenvalue weighted by atomic mass is 10.1. The lowest BCUT2D eigenvalue weighted by Gasteiger charge is -2.31. The summed E-state index contributed by atoms with van der Waals surface area (Å²) in [5, 5.41) is 1.31. The Balaban J connectivity index is 1.60. The number of nitrogens with zero attached hydrogens (tertiary/aromatic N) is 3. The Bertz CT molecular complexity index is 1260. The van der Waals surface area contributed by atoms with E-state index >= 15 is 0 Å². The van der Waals surface area contributed by atoms with Gasteiger partial charge in [-0.1, -0.05) is 37.1 Å². The van der Waals surface area contributed by atoms with Gasteiger partial charge in [0.05, 0.1) is 17.1 Å². The average molecular weight is 414 g/mol. The van der Waals surface area contributed by atoms with Crippen molar-refractivity contribution in [2.45, 2.75) is 38.3 Å². The van der Waals surface area contributed by atoms with Crippen LogP contribution in [-0.2, 0) is 18.4 Å². The molecule has 1 saturated heterocycles. The summed E-state index contributed by atoms with van der Waals surface area (Å²) in [4.78, 5) is 28.8. The number of aromatic nitrogens is 2. The second-order valence-corrected chi connectivity index (χ2v) is 8.45. The average Bonchev–Trinajstić information content (AvgIpc) is 3.07. The Hall–Kier alpha value is -3.34. The molecule has 0 aliphatic carbocycles. The highest BCUT2D eigenvalue weighted by Crippen LogP contribution is 2.31. The third-order valence-corrected chi connectivity index (χ3v) is 6.57. The van der Waals surface area contributed by atoms with Gasteiger partial charge in [0.2, 0.25) is 5.91 Å². The van der Waals surface area contributed by atoms with Gasteiger partial charge in [0, 0.05) is 36.3 Å². The van der Waals surface area contributed by atoms with Crippen molar-refractivity contribution in [2.24, 2.45) is 7.05 Å². The maximum atomic E-state index is 13.7. The number of rotatable bonds is 3. The quantitative estimate of drug-likeness (QED) is 0.460. The highest BCUT2D eigenvalue weighted by atomic mass is 16.2. The summed E-state index contributed by atoms with van der Waals surface area (Å²) in [6.45, 7) is 0.993. The van der Waals surface area contributed by atoms with Crippen LogP contribution in [0.5, 0.6) is 0 Å². The van der Waals surface area contributed by atoms with Gasteiger partial charge in [0.25, 0.3) is 0 Å². The molecule has 1 fully saturated rings. The number of pyridine rings is 1. The molecule has 3 heterocycles. The molecule has 0 spiro atoms. The molecule has 0 radical (unpaired) electrons. The molecule has 1 amide bonds. The molecule has 31 heavy (non-hydrogen) atoms. The van der Waals surface area contributed by atoms with Crippen molar-refractivity contribution in [2.75, 3.05) is 6.54 Å². The number of carbonyl (C=O) groups is 1. The normalized spacial score (nSPS) is 17.2. The molecule has 1 unspecified atom stereocenters. The molecule has 0 saturated carbocycles. The number of likely N-dealkylation sites (tertiary alicyclic amines) is 1. The van der Waals surface area contributed by atoms with Crippen molar-refractivity contribution < 1.29 is 4.79 Å². The molecule has 1 aliphatic rings. The van der Waals surface area contributed by atoms with E-state index in [1.807, 2.05) is 72.4 Å². The minimum absolute atomic E-state index is 0.0198. The molecular formula is C26H27N3O2. The fraction of sp³-hybridized carbons (Fsp3) is 0.308. The fourth-order valence-electron chi connectivity index (χ4n) is 5.01. The van der Waals surface area contributed by atoms with Crippen LogP contribution in [0.25, 0.3) is 21.8 Å². The number of carbonyl (C=O) groups excluding carboxylic acids is 1. The predicted octanol–water partition coefficient (Wildman–Crippen LogP) is 4.64. The SMILES string of the molecule is Cn1cccc1C1CCCCCN1C(=O)Cn1c2ccccc2c(=O)c2ccccc21. The van der Waals surface area contributed by atoms with Crippen LogP contribution in [-0.4, -0.2) is 26.5 Å². The van der Waals surface area contributed by atoms with Crippen LogP contribution >= 0.6 is 0 Å². The summed E-state index contributed by atoms with van der Waals surface area (Å²) in [6.07, 6.45) is 6.33. The van der Waals surface area contributed by atoms with Gasteiger partial charge in [0.15, 0.2) is 5.43 Å². The predicted molar refractivity (Wildman–Crippen MR) is 124 cm³/mol. The maximum absolute atomic E-state index is 13.7. The lowest BCUT2D eigenvalue weighted by Crippen LogP contribution is -2.38. The molecule has 1 atom stereocenters. The molecule has 158 valence electrons. The second kappa shape index (κ2) is 8.06. The molecule has 5 nitrogen and oxygen atoms in total. The van der Waals surface area contributed by atoms with E-state index in [0.717, 1.165) is 43.3 Å². The van der Waals surface area contributed by atoms with Gasteiger partial charge in [-0.2, -0.15) is 0 Å². The third-order valence-electron chi connectivity index (χ3n) is 6.57. The Morgan fingerprint density at radius 1 is 0.903 bits per heavy atom. The van der Waals surface area contributed by atoms with E-state index in [1.54, 1.807) is 0 Å². The minimum Gasteiger partial charge on any atom is -0.353 e. The van der Waals surface area contributed by atoms with Gasteiger partial charge in [-0.25, -0.2) is 0 Å². The van der Waals surface area contributed by atoms with Crippen molar-refractivity contribution in [3.8, 4) is 0 Å². The topological polar surface area (TPSA) is 47.2 Å². The van der Waals surface area contributed by atoms with E-state index in [4.69, 9.17) is 0 Å². The van der Waals surface area contributed by atoms with Crippen molar-refractivity contribution in [1.29, 1.82) is 0 Å². The maximum Gasteiger partial charge on any atom is 0.243 e. The highest BCUT2D eigenvalue weighted by molar-refractivity contribution is 5.94. The molecule has 5 heteroatoms. The highest BCUT2D eigenvalue weighted by Gasteiger charge is 2.28. The summed E-state index contributed by atoms with van der Waals surface area (Å²) in [5.74, 6) is 0.104. The first-order valence-corrected chi connectivity index (χ1v) is 11.1. The summed E-state index contributed by atoms with van der Waals surface area (Å²) in [6, 6.07) is 19.5. The van der Waals surface area contributed by atoms with Crippen LogP contribution < -0.4 is 5.43 Å². The van der Waals surface area contributed by atoms with Crippen molar-refractivity contribution in [3.63, 3.8) is 0 Å². The minimum atomic E-state index is 0.0198. The zero-order chi connectivity index (χ0) is 21.4. The number of hydrogen-bond donors (Lipinski definition) is 0. The number of benzene rings is 2. The molecule has 0 N–H and O–H groups in total. The van der Waals surface area contributed by atoms with Crippen LogP contribution in [0.15, 0.2) is 71.7 Å². The first-order chi connectivity index (χ1) is 15.1. The standard InChI is InChI=1S/C26H27N3O2/c1-27-16-9-15-23(27)24-14-3-2-8-17-28(24)25(30)18-29-21-12-6-4-10-19(21)26(31)20-11-5-7-13-22(20)29/h4-7,9-13,15-16,24H,2-3,8,14,17-18H2,1H3. The summed E-state index contributed by atoms with van der Waals surface area (Å²) >= 11 is 0. The Labute approximate surface area is 181 Å². The zero-order valence-corrected chi connectivity index (χ0v) is 17.8. The molecule has 4 aromatic rings. The number of fused-ring (bicyclic) bond motifs is 2. The first-order valence-electron chi connectivity index (χ1n) is 11.1. The van der Waals surface area contributed by atoms with E-state index in [-0.39, 0.29) is 23.9 Å². The van der Waals surface area contributed by atoms with Gasteiger partial charge < -0.3 is 14.0 Å². The van der Waals surface area contributed by atoms with E-state index in [1.165, 1.54) is 5.69 Å². The van der Waals surface area contributed by atoms with E-state index < -0.39 is 0 Å². The van der Waals surface area contributed by atoms with Gasteiger partial charge in [-0.15, -0.1) is 0 Å². The summed E-state index contributed by atoms with van der Waals surface area (Å²) in [5.41, 5.74) is 2.82. The van der Waals surface area contributed by atoms with E-state index in [0.29, 0.717) is 10.8 Å². The van der Waals surface area contributed by atoms with Crippen molar-refractivity contribution >= 4 is 27.7 Å². The Morgan fingerprint density at radius 2 is 1.58 bits per heavy atom. The third kappa shape index (κ3) is 3.44. The molecule has 1 aliphatic heterocycles. The Morgan fingerprint density at radius 3 is 2.23 bits per heavy atom. The molecule has 2 aromatic heterocycles. The number of hydrogen-bond acceptors (Lipinski definition) is 2. The second-order valence-electron chi connectivity index (χ2n) is 8.45. The van der Waals surface area contributed by atoms with E-state index in [2.05, 4.69) is 15.5 Å². The van der Waals surface area contributed by atoms with Crippen molar-refractivity contribution in [3.05, 3.63) is 82.8 Å². The van der Waals surface area contributed by atoms with Gasteiger partial charge in [-0.05, 0) is 49.2 Å². The summed E-state index contributed by atoms with van der Waals surface area (Å²) in [7, 11) is 2.05. The number of para-hydroxylation sites is 2. The first kappa shape index (κ1) is 19.6. The molecule has 2 aromatic carbocycles. The molecule has 0 bridgehead atoms. The van der Waals surface area contributed by atoms with Crippen LogP contribution in [0.4, 0.5) is 0 Å². The lowest BCUT2D eigenvalue weighted by molar-refractivity contribution is -0.134. The molecular weight excluding hydrogens is 386 g/mol. The zero-order valence-electron chi connectivity index (χ0n) is 17.8. The van der Waals surface area contributed by atoms with Gasteiger partial charge in [-0.3, -0.25) is 9.59 Å². The molecule has 5 rings (SSSR count). The van der Waals surface area contributed by atoms with Crippen LogP contribution in [0.2, 0.25) is 0 Å². The Kier molecular flexibility index (Phi) is 5.10. The van der Waals surface area contributed by atoms with Crippen LogP contribution in [0, 0.1) is 0 Å². The fourth-order valence-corrected chi connectivity index (χ4v) is 5.01. The van der Waals surface area contributed by atoms with Gasteiger partial charge >= 0.3 is 0 Å². The van der Waals surface area contributed by atoms with Gasteiger partial charge in [0.1, 0.15) is 6.54 Å². The van der Waals surface area contributed by atoms with Crippen LogP contribution in [0.1, 0.15) is 37.4 Å². The monoisotopic (exact) mass is 413 g/mol. The van der Waals surface area contributed by atoms with Crippen LogP contribution in [0.3, 0.4) is 0 Å². The van der Waals surface area contributed by atoms with E-state index in [9.17, 15) is 9.59 Å². The van der Waals surface area contributed by atoms with Crippen molar-refractivity contribution in [1.82, 2.24) is 14.0 Å². The number of aryl methyl sites for hydroxylation is 1. The number of amides is 1.